The predicted octanol–water partition coefficient (Wildman–Crippen LogP) is 4.41. The first-order chi connectivity index (χ1) is 12.0. The van der Waals surface area contributed by atoms with Gasteiger partial charge in [0.1, 0.15) is 5.82 Å². The number of hydrogen-bond acceptors (Lipinski definition) is 4. The summed E-state index contributed by atoms with van der Waals surface area (Å²) in [4.78, 5) is 16.3. The molecule has 0 atom stereocenters. The molecule has 25 heavy (non-hydrogen) atoms. The minimum absolute atomic E-state index is 0.0440. The largest absolute Gasteiger partial charge is 0.339 e. The normalized spacial score (nSPS) is 10.7. The summed E-state index contributed by atoms with van der Waals surface area (Å²) in [6.45, 7) is 1.98. The lowest BCUT2D eigenvalue weighted by atomic mass is 10.1. The Kier molecular flexibility index (Phi) is 5.09. The van der Waals surface area contributed by atoms with E-state index in [0.29, 0.717) is 23.8 Å². The van der Waals surface area contributed by atoms with Crippen LogP contribution in [-0.2, 0) is 11.2 Å². The third kappa shape index (κ3) is 4.42. The molecule has 1 heterocycles. The van der Waals surface area contributed by atoms with Gasteiger partial charge in [-0.05, 0) is 31.2 Å². The fourth-order valence-corrected chi connectivity index (χ4v) is 2.46. The van der Waals surface area contributed by atoms with Crippen LogP contribution in [-0.4, -0.2) is 16.0 Å². The maximum atomic E-state index is 13.1. The highest BCUT2D eigenvalue weighted by Gasteiger charge is 2.11. The lowest BCUT2D eigenvalue weighted by Crippen LogP contribution is -2.12. The maximum absolute atomic E-state index is 13.1. The quantitative estimate of drug-likeness (QED) is 0.732. The van der Waals surface area contributed by atoms with Crippen molar-refractivity contribution in [1.82, 2.24) is 10.1 Å². The van der Waals surface area contributed by atoms with Crippen LogP contribution in [0.25, 0.3) is 11.4 Å². The number of carbonyl (C=O) groups excluding carboxylic acids is 1. The number of hydrogen-bond donors (Lipinski definition) is 1. The van der Waals surface area contributed by atoms with Gasteiger partial charge in [0.2, 0.25) is 17.6 Å². The number of carbonyl (C=O) groups is 1. The Morgan fingerprint density at radius 1 is 1.28 bits per heavy atom. The van der Waals surface area contributed by atoms with Crippen molar-refractivity contribution >= 4 is 23.2 Å². The van der Waals surface area contributed by atoms with Gasteiger partial charge in [-0.3, -0.25) is 4.79 Å². The zero-order chi connectivity index (χ0) is 17.8. The summed E-state index contributed by atoms with van der Waals surface area (Å²) >= 11 is 5.68. The molecule has 5 nitrogen and oxygen atoms in total. The molecule has 3 rings (SSSR count). The molecule has 128 valence electrons. The number of aryl methyl sites for hydroxylation is 2. The van der Waals surface area contributed by atoms with Crippen molar-refractivity contribution in [3.63, 3.8) is 0 Å². The van der Waals surface area contributed by atoms with Crippen LogP contribution in [0, 0.1) is 12.7 Å². The molecule has 0 spiro atoms. The van der Waals surface area contributed by atoms with Gasteiger partial charge in [0.15, 0.2) is 0 Å². The molecule has 1 aromatic heterocycles. The van der Waals surface area contributed by atoms with E-state index in [1.807, 2.05) is 31.2 Å². The lowest BCUT2D eigenvalue weighted by molar-refractivity contribution is -0.116. The lowest BCUT2D eigenvalue weighted by Gasteiger charge is -2.04. The smallest absolute Gasteiger partial charge is 0.227 e. The number of nitrogens with one attached hydrogen (secondary N) is 1. The molecule has 0 fully saturated rings. The van der Waals surface area contributed by atoms with Crippen LogP contribution in [0.15, 0.2) is 47.0 Å². The number of nitrogens with zero attached hydrogens (tertiary/aromatic N) is 2. The van der Waals surface area contributed by atoms with Crippen molar-refractivity contribution in [2.24, 2.45) is 0 Å². The molecule has 0 saturated heterocycles. The Labute approximate surface area is 148 Å². The van der Waals surface area contributed by atoms with E-state index < -0.39 is 5.82 Å². The Balaban J connectivity index is 1.58. The molecule has 1 amide bonds. The molecule has 7 heteroatoms. The molecule has 2 aromatic carbocycles. The first kappa shape index (κ1) is 17.1. The molecular formula is C18H15ClFN3O2. The minimum Gasteiger partial charge on any atom is -0.339 e. The van der Waals surface area contributed by atoms with E-state index in [9.17, 15) is 9.18 Å². The van der Waals surface area contributed by atoms with Crippen molar-refractivity contribution in [1.29, 1.82) is 0 Å². The topological polar surface area (TPSA) is 68.0 Å². The summed E-state index contributed by atoms with van der Waals surface area (Å²) in [5.41, 5.74) is 2.39. The minimum atomic E-state index is -0.533. The van der Waals surface area contributed by atoms with Crippen LogP contribution in [0.4, 0.5) is 10.1 Å². The van der Waals surface area contributed by atoms with Gasteiger partial charge >= 0.3 is 0 Å². The highest BCUT2D eigenvalue weighted by molar-refractivity contribution is 6.31. The Hall–Kier alpha value is -2.73. The van der Waals surface area contributed by atoms with Gasteiger partial charge in [-0.25, -0.2) is 4.39 Å². The molecule has 0 saturated carbocycles. The summed E-state index contributed by atoms with van der Waals surface area (Å²) in [5, 5.41) is 6.54. The van der Waals surface area contributed by atoms with Gasteiger partial charge in [0.25, 0.3) is 0 Å². The maximum Gasteiger partial charge on any atom is 0.227 e. The summed E-state index contributed by atoms with van der Waals surface area (Å²) < 4.78 is 18.3. The van der Waals surface area contributed by atoms with E-state index in [-0.39, 0.29) is 17.4 Å². The Morgan fingerprint density at radius 3 is 2.88 bits per heavy atom. The van der Waals surface area contributed by atoms with E-state index in [4.69, 9.17) is 16.1 Å². The second-order valence-electron chi connectivity index (χ2n) is 5.56. The molecule has 0 aliphatic carbocycles. The molecule has 0 unspecified atom stereocenters. The molecule has 0 aliphatic rings. The molecule has 0 aliphatic heterocycles. The van der Waals surface area contributed by atoms with Crippen LogP contribution in [0.3, 0.4) is 0 Å². The SMILES string of the molecule is Cc1cccc(-c2noc(CCC(=O)Nc3ccc(F)c(Cl)c3)n2)c1. The summed E-state index contributed by atoms with van der Waals surface area (Å²) in [6, 6.07) is 11.8. The van der Waals surface area contributed by atoms with Gasteiger partial charge in [-0.1, -0.05) is 40.5 Å². The van der Waals surface area contributed by atoms with E-state index in [0.717, 1.165) is 11.1 Å². The third-order valence-electron chi connectivity index (χ3n) is 3.51. The number of benzene rings is 2. The van der Waals surface area contributed by atoms with E-state index >= 15 is 0 Å². The van der Waals surface area contributed by atoms with Crippen LogP contribution in [0.1, 0.15) is 17.9 Å². The van der Waals surface area contributed by atoms with Crippen LogP contribution in [0.2, 0.25) is 5.02 Å². The van der Waals surface area contributed by atoms with Crippen LogP contribution in [0.5, 0.6) is 0 Å². The zero-order valence-corrected chi connectivity index (χ0v) is 14.2. The van der Waals surface area contributed by atoms with Gasteiger partial charge in [-0.2, -0.15) is 4.98 Å². The average molecular weight is 360 g/mol. The Bertz CT molecular complexity index is 911. The molecule has 1 N–H and O–H groups in total. The van der Waals surface area contributed by atoms with Gasteiger partial charge in [-0.15, -0.1) is 0 Å². The van der Waals surface area contributed by atoms with E-state index in [1.165, 1.54) is 18.2 Å². The van der Waals surface area contributed by atoms with Crippen molar-refractivity contribution in [3.8, 4) is 11.4 Å². The Morgan fingerprint density at radius 2 is 2.12 bits per heavy atom. The number of halogens is 2. The van der Waals surface area contributed by atoms with Gasteiger partial charge < -0.3 is 9.84 Å². The highest BCUT2D eigenvalue weighted by Crippen LogP contribution is 2.20. The second kappa shape index (κ2) is 7.44. The van der Waals surface area contributed by atoms with Gasteiger partial charge in [0, 0.05) is 24.1 Å². The van der Waals surface area contributed by atoms with Gasteiger partial charge in [0.05, 0.1) is 5.02 Å². The van der Waals surface area contributed by atoms with E-state index in [1.54, 1.807) is 0 Å². The number of anilines is 1. The van der Waals surface area contributed by atoms with E-state index in [2.05, 4.69) is 15.5 Å². The second-order valence-corrected chi connectivity index (χ2v) is 5.97. The third-order valence-corrected chi connectivity index (χ3v) is 3.80. The van der Waals surface area contributed by atoms with Crippen molar-refractivity contribution in [2.45, 2.75) is 19.8 Å². The summed E-state index contributed by atoms with van der Waals surface area (Å²) in [7, 11) is 0. The van der Waals surface area contributed by atoms with Crippen LogP contribution >= 0.6 is 11.6 Å². The number of rotatable bonds is 5. The highest BCUT2D eigenvalue weighted by atomic mass is 35.5. The fraction of sp³-hybridized carbons (Fsp3) is 0.167. The number of aromatic nitrogens is 2. The first-order valence-corrected chi connectivity index (χ1v) is 8.03. The number of amides is 1. The predicted molar refractivity (Wildman–Crippen MR) is 92.8 cm³/mol. The van der Waals surface area contributed by atoms with Crippen molar-refractivity contribution < 1.29 is 13.7 Å². The van der Waals surface area contributed by atoms with Crippen molar-refractivity contribution in [2.75, 3.05) is 5.32 Å². The fourth-order valence-electron chi connectivity index (χ4n) is 2.28. The summed E-state index contributed by atoms with van der Waals surface area (Å²) in [6.07, 6.45) is 0.462. The van der Waals surface area contributed by atoms with Crippen LogP contribution < -0.4 is 5.32 Å². The molecular weight excluding hydrogens is 345 g/mol. The first-order valence-electron chi connectivity index (χ1n) is 7.66. The molecule has 3 aromatic rings. The average Bonchev–Trinajstić information content (AvgIpc) is 3.05. The monoisotopic (exact) mass is 359 g/mol. The molecule has 0 bridgehead atoms. The molecule has 0 radical (unpaired) electrons. The summed E-state index contributed by atoms with van der Waals surface area (Å²) in [5.74, 6) is 0.0837. The zero-order valence-electron chi connectivity index (χ0n) is 13.4. The standard InChI is InChI=1S/C18H15ClFN3O2/c1-11-3-2-4-12(9-11)18-22-17(25-23-18)8-7-16(24)21-13-5-6-15(20)14(19)10-13/h2-6,9-10H,7-8H2,1H3,(H,21,24). The van der Waals surface area contributed by atoms with Crippen molar-refractivity contribution in [3.05, 3.63) is 64.8 Å².